The minimum absolute atomic E-state index is 0.131. The van der Waals surface area contributed by atoms with Crippen LogP contribution in [0.4, 0.5) is 5.82 Å². The summed E-state index contributed by atoms with van der Waals surface area (Å²) in [7, 11) is 4.06. The van der Waals surface area contributed by atoms with Crippen molar-refractivity contribution in [2.24, 2.45) is 0 Å². The van der Waals surface area contributed by atoms with E-state index in [1.807, 2.05) is 26.2 Å². The minimum Gasteiger partial charge on any atom is -0.488 e. The van der Waals surface area contributed by atoms with Gasteiger partial charge in [0.1, 0.15) is 24.0 Å². The maximum absolute atomic E-state index is 6.18. The molecule has 1 aliphatic heterocycles. The molecule has 4 heterocycles. The summed E-state index contributed by atoms with van der Waals surface area (Å²) in [4.78, 5) is 17.3. The monoisotopic (exact) mass is 339 g/mol. The van der Waals surface area contributed by atoms with Gasteiger partial charge in [0.05, 0.1) is 23.8 Å². The van der Waals surface area contributed by atoms with E-state index in [1.54, 1.807) is 18.7 Å². The van der Waals surface area contributed by atoms with Crippen molar-refractivity contribution in [1.29, 1.82) is 0 Å². The average Bonchev–Trinajstić information content (AvgIpc) is 3.23. The molecule has 0 radical (unpaired) electrons. The van der Waals surface area contributed by atoms with Gasteiger partial charge in [0, 0.05) is 31.8 Å². The fourth-order valence-corrected chi connectivity index (χ4v) is 3.15. The largest absolute Gasteiger partial charge is 0.488 e. The van der Waals surface area contributed by atoms with Gasteiger partial charge in [0.25, 0.3) is 0 Å². The fraction of sp³-hybridized carbons (Fsp3) is 0.412. The molecule has 0 saturated carbocycles. The molecule has 3 aromatic rings. The van der Waals surface area contributed by atoms with Crippen LogP contribution in [0.15, 0.2) is 30.9 Å². The van der Waals surface area contributed by atoms with E-state index in [-0.39, 0.29) is 6.10 Å². The molecule has 130 valence electrons. The van der Waals surface area contributed by atoms with Crippen LogP contribution in [0.1, 0.15) is 12.1 Å². The Balaban J connectivity index is 1.45. The predicted octanol–water partition coefficient (Wildman–Crippen LogP) is 1.47. The zero-order valence-corrected chi connectivity index (χ0v) is 14.4. The van der Waals surface area contributed by atoms with E-state index in [1.165, 1.54) is 0 Å². The number of pyridine rings is 1. The summed E-state index contributed by atoms with van der Waals surface area (Å²) >= 11 is 0. The van der Waals surface area contributed by atoms with E-state index in [4.69, 9.17) is 4.74 Å². The first-order valence-corrected chi connectivity index (χ1v) is 8.34. The number of hydrogen-bond acceptors (Lipinski definition) is 7. The molecular weight excluding hydrogens is 318 g/mol. The van der Waals surface area contributed by atoms with Crippen molar-refractivity contribution >= 4 is 16.9 Å². The van der Waals surface area contributed by atoms with Gasteiger partial charge in [0.2, 0.25) is 0 Å². The van der Waals surface area contributed by atoms with Gasteiger partial charge < -0.3 is 14.5 Å². The predicted molar refractivity (Wildman–Crippen MR) is 94.6 cm³/mol. The van der Waals surface area contributed by atoms with Crippen molar-refractivity contribution in [3.63, 3.8) is 0 Å². The molecule has 1 aliphatic rings. The lowest BCUT2D eigenvalue weighted by atomic mass is 10.3. The lowest BCUT2D eigenvalue weighted by Crippen LogP contribution is -2.25. The number of nitrogens with zero attached hydrogens (tertiary/aromatic N) is 6. The summed E-state index contributed by atoms with van der Waals surface area (Å²) in [6.45, 7) is 2.49. The lowest BCUT2D eigenvalue weighted by Gasteiger charge is -2.18. The van der Waals surface area contributed by atoms with Gasteiger partial charge in [0.15, 0.2) is 5.65 Å². The Morgan fingerprint density at radius 1 is 1.32 bits per heavy atom. The second-order valence-electron chi connectivity index (χ2n) is 6.52. The Morgan fingerprint density at radius 3 is 3.12 bits per heavy atom. The number of ether oxygens (including phenoxy) is 1. The van der Waals surface area contributed by atoms with Gasteiger partial charge >= 0.3 is 0 Å². The Hall–Kier alpha value is -2.74. The first kappa shape index (κ1) is 15.8. The number of H-pyrrole nitrogens is 1. The molecule has 8 nitrogen and oxygen atoms in total. The van der Waals surface area contributed by atoms with Crippen LogP contribution in [-0.4, -0.2) is 63.3 Å². The highest BCUT2D eigenvalue weighted by molar-refractivity contribution is 5.86. The van der Waals surface area contributed by atoms with Gasteiger partial charge in [-0.15, -0.1) is 0 Å². The smallest absolute Gasteiger partial charge is 0.160 e. The Kier molecular flexibility index (Phi) is 4.19. The minimum atomic E-state index is 0.131. The number of fused-ring (bicyclic) bond motifs is 1. The first-order chi connectivity index (χ1) is 12.2. The van der Waals surface area contributed by atoms with Crippen LogP contribution < -0.4 is 9.64 Å². The molecule has 8 heteroatoms. The summed E-state index contributed by atoms with van der Waals surface area (Å²) in [5.41, 5.74) is 1.77. The summed E-state index contributed by atoms with van der Waals surface area (Å²) in [6.07, 6.45) is 6.23. The molecule has 0 aromatic carbocycles. The molecule has 0 bridgehead atoms. The van der Waals surface area contributed by atoms with E-state index in [0.717, 1.165) is 54.3 Å². The van der Waals surface area contributed by atoms with Crippen LogP contribution in [0, 0.1) is 0 Å². The van der Waals surface area contributed by atoms with Crippen LogP contribution in [0.2, 0.25) is 0 Å². The highest BCUT2D eigenvalue weighted by Crippen LogP contribution is 2.26. The maximum atomic E-state index is 6.18. The van der Waals surface area contributed by atoms with E-state index in [0.29, 0.717) is 0 Å². The number of anilines is 1. The Bertz CT molecular complexity index is 863. The van der Waals surface area contributed by atoms with Crippen molar-refractivity contribution in [3.05, 3.63) is 36.5 Å². The molecule has 4 rings (SSSR count). The summed E-state index contributed by atoms with van der Waals surface area (Å²) in [5.74, 6) is 1.78. The number of hydrogen-bond donors (Lipinski definition) is 1. The Labute approximate surface area is 145 Å². The third kappa shape index (κ3) is 3.39. The molecule has 1 atom stereocenters. The normalized spacial score (nSPS) is 17.6. The fourth-order valence-electron chi connectivity index (χ4n) is 3.15. The van der Waals surface area contributed by atoms with E-state index < -0.39 is 0 Å². The van der Waals surface area contributed by atoms with Crippen LogP contribution in [-0.2, 0) is 6.54 Å². The van der Waals surface area contributed by atoms with E-state index >= 15 is 0 Å². The molecule has 1 saturated heterocycles. The molecular formula is C17H21N7O. The molecule has 0 amide bonds. The Morgan fingerprint density at radius 2 is 2.24 bits per heavy atom. The van der Waals surface area contributed by atoms with Crippen molar-refractivity contribution in [3.8, 4) is 5.75 Å². The average molecular weight is 339 g/mol. The zero-order chi connectivity index (χ0) is 17.2. The van der Waals surface area contributed by atoms with Gasteiger partial charge in [-0.2, -0.15) is 5.10 Å². The summed E-state index contributed by atoms with van der Waals surface area (Å²) < 4.78 is 6.18. The SMILES string of the molecule is CN(C)Cc1cc(OC2CCN(c3ncnc4[nH]ncc34)C2)ccn1. The van der Waals surface area contributed by atoms with E-state index in [2.05, 4.69) is 34.9 Å². The molecule has 3 aromatic heterocycles. The highest BCUT2D eigenvalue weighted by atomic mass is 16.5. The number of aromatic nitrogens is 5. The van der Waals surface area contributed by atoms with E-state index in [9.17, 15) is 0 Å². The molecule has 1 unspecified atom stereocenters. The second kappa shape index (κ2) is 6.64. The highest BCUT2D eigenvalue weighted by Gasteiger charge is 2.26. The van der Waals surface area contributed by atoms with Gasteiger partial charge in [-0.05, 0) is 20.2 Å². The number of nitrogens with one attached hydrogen (secondary N) is 1. The molecule has 25 heavy (non-hydrogen) atoms. The third-order valence-electron chi connectivity index (χ3n) is 4.24. The van der Waals surface area contributed by atoms with Crippen LogP contribution in [0.25, 0.3) is 11.0 Å². The topological polar surface area (TPSA) is 83.1 Å². The van der Waals surface area contributed by atoms with Crippen LogP contribution in [0.5, 0.6) is 5.75 Å². The van der Waals surface area contributed by atoms with Gasteiger partial charge in [-0.3, -0.25) is 10.1 Å². The molecule has 0 spiro atoms. The lowest BCUT2D eigenvalue weighted by molar-refractivity contribution is 0.224. The second-order valence-corrected chi connectivity index (χ2v) is 6.52. The van der Waals surface area contributed by atoms with Crippen molar-refractivity contribution < 1.29 is 4.74 Å². The zero-order valence-electron chi connectivity index (χ0n) is 14.4. The molecule has 1 N–H and O–H groups in total. The first-order valence-electron chi connectivity index (χ1n) is 8.34. The van der Waals surface area contributed by atoms with Crippen molar-refractivity contribution in [1.82, 2.24) is 30.0 Å². The molecule has 1 fully saturated rings. The number of aromatic amines is 1. The third-order valence-corrected chi connectivity index (χ3v) is 4.24. The van der Waals surface area contributed by atoms with Crippen molar-refractivity contribution in [2.75, 3.05) is 32.1 Å². The summed E-state index contributed by atoms with van der Waals surface area (Å²) in [5, 5.41) is 7.89. The maximum Gasteiger partial charge on any atom is 0.160 e. The quantitative estimate of drug-likeness (QED) is 0.753. The summed E-state index contributed by atoms with van der Waals surface area (Å²) in [6, 6.07) is 3.93. The van der Waals surface area contributed by atoms with Crippen LogP contribution in [0.3, 0.4) is 0 Å². The van der Waals surface area contributed by atoms with Crippen molar-refractivity contribution in [2.45, 2.75) is 19.1 Å². The molecule has 0 aliphatic carbocycles. The standard InChI is InChI=1S/C17H21N7O/c1-23(2)9-12-7-13(3-5-18-12)25-14-4-6-24(10-14)17-15-8-21-22-16(15)19-11-20-17/h3,5,7-8,11,14H,4,6,9-10H2,1-2H3,(H,19,20,21,22). The number of rotatable bonds is 5. The van der Waals surface area contributed by atoms with Gasteiger partial charge in [-0.1, -0.05) is 0 Å². The van der Waals surface area contributed by atoms with Crippen LogP contribution >= 0.6 is 0 Å². The van der Waals surface area contributed by atoms with Gasteiger partial charge in [-0.25, -0.2) is 9.97 Å².